The Bertz CT molecular complexity index is 8840. The molecule has 4 aromatic heterocycles. The van der Waals surface area contributed by atoms with Crippen LogP contribution in [0.2, 0.25) is 0 Å². The number of benzene rings is 16. The lowest BCUT2D eigenvalue weighted by Gasteiger charge is -2.42. The van der Waals surface area contributed by atoms with Crippen molar-refractivity contribution in [3.05, 3.63) is 382 Å². The minimum absolute atomic E-state index is 0.0241. The number of para-hydroxylation sites is 1. The molecule has 1 aliphatic carbocycles. The molecular formula is C137H134B2N6OS. The van der Waals surface area contributed by atoms with Gasteiger partial charge in [0.05, 0.1) is 22.8 Å². The maximum Gasteiger partial charge on any atom is 0.252 e. The van der Waals surface area contributed by atoms with E-state index in [0.717, 1.165) is 93.1 Å². The number of furan rings is 1. The van der Waals surface area contributed by atoms with E-state index in [-0.39, 0.29) is 56.7 Å². The number of thiophene rings is 1. The van der Waals surface area contributed by atoms with Crippen molar-refractivity contribution in [3.63, 3.8) is 0 Å². The van der Waals surface area contributed by atoms with Crippen LogP contribution in [0.5, 0.6) is 0 Å². The van der Waals surface area contributed by atoms with E-state index in [1.165, 1.54) is 204 Å². The molecule has 5 aliphatic rings. The summed E-state index contributed by atoms with van der Waals surface area (Å²) in [6.45, 7) is 59.1. The first kappa shape index (κ1) is 94.0. The number of hydrogen-bond donors (Lipinski definition) is 0. The first-order valence-corrected chi connectivity index (χ1v) is 54.6. The Morgan fingerprint density at radius 3 is 1.28 bits per heavy atom. The summed E-state index contributed by atoms with van der Waals surface area (Å²) in [5.74, 6) is 0. The van der Waals surface area contributed by atoms with Crippen LogP contribution in [0, 0.1) is 13.8 Å². The van der Waals surface area contributed by atoms with Crippen LogP contribution in [0.4, 0.5) is 68.2 Å². The normalized spacial score (nSPS) is 14.1. The van der Waals surface area contributed by atoms with Gasteiger partial charge in [0.2, 0.25) is 0 Å². The van der Waals surface area contributed by atoms with Crippen molar-refractivity contribution >= 4 is 190 Å². The van der Waals surface area contributed by atoms with Crippen LogP contribution in [0.15, 0.2) is 314 Å². The molecule has 10 heteroatoms. The molecule has 7 nitrogen and oxygen atoms in total. The minimum Gasteiger partial charge on any atom is -0.454 e. The van der Waals surface area contributed by atoms with Crippen molar-refractivity contribution < 1.29 is 4.42 Å². The van der Waals surface area contributed by atoms with E-state index >= 15 is 0 Å². The van der Waals surface area contributed by atoms with Gasteiger partial charge in [-0.3, -0.25) is 0 Å². The SMILES string of the molecule is CCc1ccccc1-c1c(CC)c2cc(C(C)(C)C)cc3c2n1-c1cc(C)cc2c1B3c1ccc(N(c3ccc(C(C)(C)C)cc3)c3ccc(C(C)(C)C)cc3)cc1N2c1cccc2c1oc1cc(C(C)(C)CCC(C)(C)c3ccc(N(c4ccc(C(C)(C)C)cc4)c4ccc5c(c4)N(c4cccc6sc7ccccc7c46)c4cc(C)cc6c4B5c4cc(C(C)(C)C)cc5c7c(n-6c45)-c4ccccc4C7(C)C)cc3)ccc12. The number of aromatic nitrogens is 2. The summed E-state index contributed by atoms with van der Waals surface area (Å²) in [5.41, 5.74) is 49.8. The van der Waals surface area contributed by atoms with E-state index in [9.17, 15) is 0 Å². The summed E-state index contributed by atoms with van der Waals surface area (Å²) in [6, 6.07) is 122. The number of hydrogen-bond acceptors (Lipinski definition) is 6. The van der Waals surface area contributed by atoms with Gasteiger partial charge in [-0.2, -0.15) is 0 Å². The van der Waals surface area contributed by atoms with E-state index in [1.807, 2.05) is 11.3 Å². The zero-order valence-electron chi connectivity index (χ0n) is 90.4. The summed E-state index contributed by atoms with van der Waals surface area (Å²) < 4.78 is 15.7. The van der Waals surface area contributed by atoms with Gasteiger partial charge in [0.1, 0.15) is 5.58 Å². The zero-order valence-corrected chi connectivity index (χ0v) is 91.2. The molecule has 147 heavy (non-hydrogen) atoms. The standard InChI is InChI=1S/C137H134B2N6OS/c1-26-83-36-28-29-37-98(83)125-97(27-2)103-74-89(133(14,15)16)76-108-126(103)144(125)116-72-82(4)71-115-124(116)138(108)107-67-64-96(140(91-55-46-84(47-56-91)130(5,6)7)92-57-48-85(49-58-92)131(8,9)10)80-113(107)143(115)111-43-34-40-100-99-65-54-88(78-118(99)146-129(100)111)136(22,23)69-68-135(20,21)87-52-61-94(62-53-87)141(93-59-50-86(51-60-93)132(11,12)13)95-63-66-106-112(79-95)142(110-42-35-45-120-121(110)102-39-31-33-44-119(102)147-120)114-70-81(3)73-117-123(114)139(106)109-77-90(134(17,18)19)75-104-122-128(145(117)127(104)109)101-38-30-32-41-105(101)137(122,24)25/h28-67,70-80H,26-27,68-69H2,1-25H3. The molecule has 0 fully saturated rings. The lowest BCUT2D eigenvalue weighted by molar-refractivity contribution is 0.375. The monoisotopic (exact) mass is 1930 g/mol. The number of rotatable bonds is 16. The van der Waals surface area contributed by atoms with Crippen molar-refractivity contribution in [2.45, 2.75) is 242 Å². The van der Waals surface area contributed by atoms with Gasteiger partial charge in [0.25, 0.3) is 13.4 Å². The smallest absolute Gasteiger partial charge is 0.252 e. The fourth-order valence-corrected chi connectivity index (χ4v) is 27.2. The van der Waals surface area contributed by atoms with E-state index in [0.29, 0.717) is 0 Å². The van der Waals surface area contributed by atoms with Gasteiger partial charge in [-0.1, -0.05) is 329 Å². The van der Waals surface area contributed by atoms with Gasteiger partial charge in [0, 0.05) is 138 Å². The molecule has 730 valence electrons. The van der Waals surface area contributed by atoms with E-state index < -0.39 is 0 Å². The highest BCUT2D eigenvalue weighted by atomic mass is 32.1. The Hall–Kier alpha value is -14.1. The number of nitrogens with zero attached hydrogens (tertiary/aromatic N) is 6. The average Bonchev–Trinajstić information content (AvgIpc) is 1.46. The lowest BCUT2D eigenvalue weighted by Crippen LogP contribution is -2.60. The summed E-state index contributed by atoms with van der Waals surface area (Å²) in [7, 11) is 0. The Morgan fingerprint density at radius 1 is 0.320 bits per heavy atom. The Balaban J connectivity index is 0.599. The van der Waals surface area contributed by atoms with E-state index in [2.05, 4.69) is 511 Å². The molecule has 0 radical (unpaired) electrons. The largest absolute Gasteiger partial charge is 0.454 e. The molecule has 25 rings (SSSR count). The highest BCUT2D eigenvalue weighted by molar-refractivity contribution is 7.26. The molecule has 0 N–H and O–H groups in total. The van der Waals surface area contributed by atoms with Crippen LogP contribution < -0.4 is 52.4 Å². The number of aryl methyl sites for hydroxylation is 4. The molecule has 20 aromatic rings. The Labute approximate surface area is 874 Å². The molecule has 0 amide bonds. The molecule has 0 unspecified atom stereocenters. The second kappa shape index (κ2) is 33.0. The predicted molar refractivity (Wildman–Crippen MR) is 635 cm³/mol. The van der Waals surface area contributed by atoms with Crippen LogP contribution in [0.1, 0.15) is 244 Å². The van der Waals surface area contributed by atoms with Crippen molar-refractivity contribution in [3.8, 4) is 33.9 Å². The minimum atomic E-state index is -0.246. The molecular weight excluding hydrogens is 1800 g/mol. The maximum absolute atomic E-state index is 7.74. The molecule has 0 bridgehead atoms. The number of fused-ring (bicyclic) bond motifs is 19. The maximum atomic E-state index is 7.74. The first-order chi connectivity index (χ1) is 70.0. The third-order valence-corrected chi connectivity index (χ3v) is 35.4. The van der Waals surface area contributed by atoms with Gasteiger partial charge in [-0.05, 0) is 322 Å². The van der Waals surface area contributed by atoms with Crippen LogP contribution in [0.3, 0.4) is 0 Å². The average molecular weight is 1930 g/mol. The van der Waals surface area contributed by atoms with Gasteiger partial charge >= 0.3 is 0 Å². The third kappa shape index (κ3) is 14.6. The Morgan fingerprint density at radius 2 is 0.748 bits per heavy atom. The fourth-order valence-electron chi connectivity index (χ4n) is 26.0. The van der Waals surface area contributed by atoms with Crippen molar-refractivity contribution in [1.29, 1.82) is 0 Å². The van der Waals surface area contributed by atoms with Crippen molar-refractivity contribution in [2.24, 2.45) is 0 Å². The van der Waals surface area contributed by atoms with E-state index in [1.54, 1.807) is 0 Å². The summed E-state index contributed by atoms with van der Waals surface area (Å²) in [4.78, 5) is 10.3. The van der Waals surface area contributed by atoms with Crippen molar-refractivity contribution in [2.75, 3.05) is 19.6 Å². The predicted octanol–water partition coefficient (Wildman–Crippen LogP) is 34.2. The van der Waals surface area contributed by atoms with Gasteiger partial charge < -0.3 is 33.2 Å². The zero-order chi connectivity index (χ0) is 102. The molecule has 0 spiro atoms. The molecule has 16 aromatic carbocycles. The highest BCUT2D eigenvalue weighted by Crippen LogP contribution is 2.59. The van der Waals surface area contributed by atoms with Crippen LogP contribution >= 0.6 is 11.3 Å². The van der Waals surface area contributed by atoms with E-state index in [4.69, 9.17) is 4.42 Å². The molecule has 0 saturated heterocycles. The molecule has 0 saturated carbocycles. The van der Waals surface area contributed by atoms with Gasteiger partial charge in [-0.25, -0.2) is 0 Å². The molecule has 0 atom stereocenters. The summed E-state index contributed by atoms with van der Waals surface area (Å²) in [6.07, 6.45) is 3.70. The summed E-state index contributed by atoms with van der Waals surface area (Å²) in [5, 5.41) is 7.49. The number of anilines is 12. The quantitative estimate of drug-likeness (QED) is 0.0901. The third-order valence-electron chi connectivity index (χ3n) is 34.3. The fraction of sp³-hybridized carbons (Fsp3) is 0.270. The second-order valence-electron chi connectivity index (χ2n) is 50.2. The van der Waals surface area contributed by atoms with Crippen molar-refractivity contribution in [1.82, 2.24) is 9.13 Å². The lowest BCUT2D eigenvalue weighted by atomic mass is 9.33. The second-order valence-corrected chi connectivity index (χ2v) is 51.3. The Kier molecular flexibility index (Phi) is 21.1. The van der Waals surface area contributed by atoms with Gasteiger partial charge in [0.15, 0.2) is 5.58 Å². The first-order valence-electron chi connectivity index (χ1n) is 53.7. The van der Waals surface area contributed by atoms with Crippen LogP contribution in [-0.4, -0.2) is 22.6 Å². The van der Waals surface area contributed by atoms with Crippen LogP contribution in [-0.2, 0) is 56.2 Å². The topological polar surface area (TPSA) is 36.0 Å². The highest BCUT2D eigenvalue weighted by Gasteiger charge is 2.51. The van der Waals surface area contributed by atoms with Crippen LogP contribution in [0.25, 0.3) is 97.8 Å². The molecule has 8 heterocycles. The molecule has 4 aliphatic heterocycles. The van der Waals surface area contributed by atoms with Gasteiger partial charge in [-0.15, -0.1) is 11.3 Å². The summed E-state index contributed by atoms with van der Waals surface area (Å²) >= 11 is 1.89.